The summed E-state index contributed by atoms with van der Waals surface area (Å²) in [5.74, 6) is 0. The molecule has 0 saturated heterocycles. The van der Waals surface area contributed by atoms with Gasteiger partial charge in [0.1, 0.15) is 0 Å². The molecule has 0 radical (unpaired) electrons. The number of pyridine rings is 1. The molecule has 0 atom stereocenters. The van der Waals surface area contributed by atoms with Gasteiger partial charge in [-0.2, -0.15) is 0 Å². The normalized spacial score (nSPS) is 7.72. The Morgan fingerprint density at radius 3 is 1.67 bits per heavy atom. The van der Waals surface area contributed by atoms with Crippen LogP contribution in [0, 0.1) is 20.8 Å². The van der Waals surface area contributed by atoms with Crippen LogP contribution in [0.25, 0.3) is 0 Å². The average Bonchev–Trinajstić information content (AvgIpc) is 2.80. The van der Waals surface area contributed by atoms with Crippen LogP contribution in [0.5, 0.6) is 0 Å². The Labute approximate surface area is 117 Å². The van der Waals surface area contributed by atoms with Crippen LogP contribution >= 0.6 is 11.3 Å². The Morgan fingerprint density at radius 2 is 1.50 bits per heavy atom. The fourth-order valence-corrected chi connectivity index (χ4v) is 1.63. The zero-order chi connectivity index (χ0) is 14.4. The molecule has 0 aromatic carbocycles. The summed E-state index contributed by atoms with van der Waals surface area (Å²) in [4.78, 5) is 5.41. The first-order valence-electron chi connectivity index (χ1n) is 6.58. The van der Waals surface area contributed by atoms with E-state index in [1.165, 1.54) is 10.4 Å². The van der Waals surface area contributed by atoms with Crippen molar-refractivity contribution in [3.8, 4) is 0 Å². The third kappa shape index (κ3) is 10.0. The quantitative estimate of drug-likeness (QED) is 0.586. The van der Waals surface area contributed by atoms with E-state index in [9.17, 15) is 0 Å². The molecular formula is C16H27NS. The molecule has 0 fully saturated rings. The van der Waals surface area contributed by atoms with Crippen molar-refractivity contribution >= 4 is 11.3 Å². The maximum Gasteiger partial charge on any atom is 0.0372 e. The third-order valence-electron chi connectivity index (χ3n) is 1.93. The van der Waals surface area contributed by atoms with Crippen LogP contribution in [0.3, 0.4) is 0 Å². The molecule has 2 heterocycles. The first-order valence-corrected chi connectivity index (χ1v) is 7.46. The van der Waals surface area contributed by atoms with E-state index in [-0.39, 0.29) is 0 Å². The first-order chi connectivity index (χ1) is 8.70. The molecule has 0 amide bonds. The second-order valence-electron chi connectivity index (χ2n) is 3.13. The van der Waals surface area contributed by atoms with Crippen LogP contribution in [0.15, 0.2) is 35.8 Å². The summed E-state index contributed by atoms with van der Waals surface area (Å²) >= 11 is 1.80. The highest BCUT2D eigenvalue weighted by molar-refractivity contribution is 7.10. The fourth-order valence-electron chi connectivity index (χ4n) is 0.897. The largest absolute Gasteiger partial charge is 0.262 e. The van der Waals surface area contributed by atoms with Crippen molar-refractivity contribution in [2.45, 2.75) is 48.5 Å². The van der Waals surface area contributed by atoms with Gasteiger partial charge in [-0.3, -0.25) is 4.98 Å². The minimum atomic E-state index is 1.07. The molecule has 0 aliphatic heterocycles. The molecule has 2 aromatic heterocycles. The summed E-state index contributed by atoms with van der Waals surface area (Å²) in [6.07, 6.45) is 1.79. The first kappa shape index (κ1) is 19.2. The molecule has 18 heavy (non-hydrogen) atoms. The predicted octanol–water partition coefficient (Wildman–Crippen LogP) is 5.81. The van der Waals surface area contributed by atoms with Crippen molar-refractivity contribution in [1.82, 2.24) is 4.98 Å². The number of hydrogen-bond acceptors (Lipinski definition) is 2. The van der Waals surface area contributed by atoms with Crippen LogP contribution in [-0.2, 0) is 0 Å². The molecule has 2 heteroatoms. The fraction of sp³-hybridized carbons (Fsp3) is 0.438. The molecule has 0 N–H and O–H groups in total. The molecule has 2 aromatic rings. The van der Waals surface area contributed by atoms with Crippen molar-refractivity contribution < 1.29 is 0 Å². The average molecular weight is 265 g/mol. The van der Waals surface area contributed by atoms with Crippen LogP contribution in [0.4, 0.5) is 0 Å². The van der Waals surface area contributed by atoms with Crippen molar-refractivity contribution in [2.75, 3.05) is 0 Å². The van der Waals surface area contributed by atoms with Gasteiger partial charge in [-0.1, -0.05) is 33.8 Å². The molecule has 0 spiro atoms. The molecule has 0 bridgehead atoms. The Bertz CT molecular complexity index is 349. The minimum Gasteiger partial charge on any atom is -0.262 e. The van der Waals surface area contributed by atoms with E-state index in [2.05, 4.69) is 30.3 Å². The Morgan fingerprint density at radius 1 is 0.889 bits per heavy atom. The molecule has 0 unspecified atom stereocenters. The summed E-state index contributed by atoms with van der Waals surface area (Å²) in [6, 6.07) is 8.00. The number of rotatable bonds is 0. The molecule has 0 aliphatic carbocycles. The third-order valence-corrected chi connectivity index (χ3v) is 2.88. The van der Waals surface area contributed by atoms with Gasteiger partial charge in [-0.25, -0.2) is 0 Å². The van der Waals surface area contributed by atoms with E-state index in [0.717, 1.165) is 5.69 Å². The highest BCUT2D eigenvalue weighted by Gasteiger charge is 1.87. The van der Waals surface area contributed by atoms with E-state index in [1.54, 1.807) is 17.5 Å². The van der Waals surface area contributed by atoms with E-state index in [1.807, 2.05) is 52.8 Å². The molecule has 102 valence electrons. The van der Waals surface area contributed by atoms with E-state index in [0.29, 0.717) is 0 Å². The number of aryl methyl sites for hydroxylation is 3. The molecule has 1 nitrogen and oxygen atoms in total. The number of nitrogens with zero attached hydrogens (tertiary/aromatic N) is 1. The Kier molecular flexibility index (Phi) is 14.8. The van der Waals surface area contributed by atoms with Gasteiger partial charge in [0.15, 0.2) is 0 Å². The number of thiophene rings is 1. The van der Waals surface area contributed by atoms with Gasteiger partial charge >= 0.3 is 0 Å². The number of aromatic nitrogens is 1. The second kappa shape index (κ2) is 13.9. The van der Waals surface area contributed by atoms with Crippen molar-refractivity contribution in [3.05, 3.63) is 52.0 Å². The SMILES string of the molecule is CC.CC.Cc1ccccn1.Cc1ccsc1C. The van der Waals surface area contributed by atoms with Gasteiger partial charge in [0.25, 0.3) is 0 Å². The molecule has 2 rings (SSSR count). The van der Waals surface area contributed by atoms with Crippen molar-refractivity contribution in [2.24, 2.45) is 0 Å². The highest BCUT2D eigenvalue weighted by atomic mass is 32.1. The summed E-state index contributed by atoms with van der Waals surface area (Å²) in [7, 11) is 0. The van der Waals surface area contributed by atoms with Crippen LogP contribution in [0.1, 0.15) is 43.8 Å². The Balaban J connectivity index is 0. The lowest BCUT2D eigenvalue weighted by atomic mass is 10.3. The summed E-state index contributed by atoms with van der Waals surface area (Å²) in [6.45, 7) is 14.2. The zero-order valence-electron chi connectivity index (χ0n) is 12.8. The monoisotopic (exact) mass is 265 g/mol. The predicted molar refractivity (Wildman–Crippen MR) is 85.5 cm³/mol. The maximum atomic E-state index is 3.98. The standard InChI is InChI=1S/C6H7N.C6H8S.2C2H6/c1-6-4-2-3-5-7-6;1-5-3-4-7-6(5)2;2*1-2/h2-5H,1H3;3-4H,1-2H3;2*1-2H3. The van der Waals surface area contributed by atoms with E-state index in [4.69, 9.17) is 0 Å². The smallest absolute Gasteiger partial charge is 0.0372 e. The molecule has 0 saturated carbocycles. The van der Waals surface area contributed by atoms with Gasteiger partial charge in [0.05, 0.1) is 0 Å². The lowest BCUT2D eigenvalue weighted by Gasteiger charge is -1.82. The summed E-state index contributed by atoms with van der Waals surface area (Å²) in [5.41, 5.74) is 2.48. The Hall–Kier alpha value is -1.15. The minimum absolute atomic E-state index is 1.07. The second-order valence-corrected chi connectivity index (χ2v) is 4.25. The van der Waals surface area contributed by atoms with Gasteiger partial charge < -0.3 is 0 Å². The maximum absolute atomic E-state index is 3.98. The lowest BCUT2D eigenvalue weighted by molar-refractivity contribution is 1.20. The van der Waals surface area contributed by atoms with Crippen molar-refractivity contribution in [1.29, 1.82) is 0 Å². The van der Waals surface area contributed by atoms with Gasteiger partial charge in [-0.05, 0) is 49.9 Å². The van der Waals surface area contributed by atoms with Crippen LogP contribution in [0.2, 0.25) is 0 Å². The lowest BCUT2D eigenvalue weighted by Crippen LogP contribution is -1.72. The van der Waals surface area contributed by atoms with Crippen LogP contribution in [-0.4, -0.2) is 4.98 Å². The van der Waals surface area contributed by atoms with Crippen molar-refractivity contribution in [3.63, 3.8) is 0 Å². The highest BCUT2D eigenvalue weighted by Crippen LogP contribution is 2.12. The van der Waals surface area contributed by atoms with E-state index < -0.39 is 0 Å². The van der Waals surface area contributed by atoms with Gasteiger partial charge in [0, 0.05) is 16.8 Å². The molecule has 0 aliphatic rings. The van der Waals surface area contributed by atoms with Gasteiger partial charge in [-0.15, -0.1) is 11.3 Å². The summed E-state index contributed by atoms with van der Waals surface area (Å²) in [5, 5.41) is 2.12. The summed E-state index contributed by atoms with van der Waals surface area (Å²) < 4.78 is 0. The molecular weight excluding hydrogens is 238 g/mol. The number of hydrogen-bond donors (Lipinski definition) is 0. The van der Waals surface area contributed by atoms with Crippen LogP contribution < -0.4 is 0 Å². The zero-order valence-corrected chi connectivity index (χ0v) is 13.6. The topological polar surface area (TPSA) is 12.9 Å². The van der Waals surface area contributed by atoms with E-state index >= 15 is 0 Å². The van der Waals surface area contributed by atoms with Gasteiger partial charge in [0.2, 0.25) is 0 Å².